The molecule has 204 valence electrons. The van der Waals surface area contributed by atoms with E-state index in [0.29, 0.717) is 6.61 Å². The van der Waals surface area contributed by atoms with Crippen molar-refractivity contribution in [3.8, 4) is 28.4 Å². The van der Waals surface area contributed by atoms with Gasteiger partial charge >= 0.3 is 0 Å². The highest BCUT2D eigenvalue weighted by molar-refractivity contribution is 5.68. The molecule has 5 rings (SSSR count). The van der Waals surface area contributed by atoms with Crippen molar-refractivity contribution in [2.24, 2.45) is 0 Å². The summed E-state index contributed by atoms with van der Waals surface area (Å²) in [6.07, 6.45) is 2.24. The van der Waals surface area contributed by atoms with Gasteiger partial charge in [-0.1, -0.05) is 116 Å². The first kappa shape index (κ1) is 27.4. The molecule has 0 N–H and O–H groups in total. The van der Waals surface area contributed by atoms with Crippen LogP contribution in [0.25, 0.3) is 22.6 Å². The van der Waals surface area contributed by atoms with Crippen LogP contribution in [-0.2, 0) is 26.2 Å². The molecule has 1 aromatic heterocycles. The minimum absolute atomic E-state index is 0.674. The third kappa shape index (κ3) is 6.88. The lowest BCUT2D eigenvalue weighted by atomic mass is 10.1. The van der Waals surface area contributed by atoms with Crippen molar-refractivity contribution in [1.82, 2.24) is 14.5 Å². The molecule has 0 fully saturated rings. The van der Waals surface area contributed by atoms with E-state index in [1.165, 1.54) is 16.8 Å². The van der Waals surface area contributed by atoms with Gasteiger partial charge in [0.1, 0.15) is 11.6 Å². The highest BCUT2D eigenvalue weighted by Gasteiger charge is 2.22. The molecule has 0 spiro atoms. The Bertz CT molecular complexity index is 1450. The average molecular weight is 530 g/mol. The second kappa shape index (κ2) is 13.8. The molecule has 0 radical (unpaired) electrons. The van der Waals surface area contributed by atoms with Crippen LogP contribution in [0, 0.1) is 0 Å². The monoisotopic (exact) mass is 529 g/mol. The second-order valence-electron chi connectivity index (χ2n) is 10.2. The molecule has 40 heavy (non-hydrogen) atoms. The van der Waals surface area contributed by atoms with Crippen LogP contribution in [0.1, 0.15) is 43.5 Å². The number of hydrogen-bond acceptors (Lipinski definition) is 3. The summed E-state index contributed by atoms with van der Waals surface area (Å²) in [5.74, 6) is 1.96. The Balaban J connectivity index is 1.57. The Morgan fingerprint density at radius 1 is 0.650 bits per heavy atom. The van der Waals surface area contributed by atoms with Crippen molar-refractivity contribution in [3.63, 3.8) is 0 Å². The smallest absolute Gasteiger partial charge is 0.140 e. The Kier molecular flexibility index (Phi) is 9.44. The van der Waals surface area contributed by atoms with E-state index in [4.69, 9.17) is 9.72 Å². The Morgan fingerprint density at radius 3 is 1.82 bits per heavy atom. The molecule has 0 bridgehead atoms. The van der Waals surface area contributed by atoms with Gasteiger partial charge in [0.2, 0.25) is 0 Å². The molecule has 1 heterocycles. The van der Waals surface area contributed by atoms with Gasteiger partial charge in [-0.25, -0.2) is 4.98 Å². The predicted octanol–water partition coefficient (Wildman–Crippen LogP) is 8.62. The molecule has 0 aliphatic carbocycles. The number of rotatable bonds is 13. The number of benzene rings is 4. The maximum atomic E-state index is 5.69. The first-order valence-corrected chi connectivity index (χ1v) is 14.4. The fourth-order valence-electron chi connectivity index (χ4n) is 5.18. The minimum Gasteiger partial charge on any atom is -0.494 e. The Labute approximate surface area is 238 Å². The van der Waals surface area contributed by atoms with E-state index >= 15 is 0 Å². The summed E-state index contributed by atoms with van der Waals surface area (Å²) in [7, 11) is 0. The molecular formula is C36H39N3O. The molecule has 4 aromatic carbocycles. The van der Waals surface area contributed by atoms with Gasteiger partial charge in [-0.05, 0) is 36.6 Å². The van der Waals surface area contributed by atoms with Gasteiger partial charge in [-0.15, -0.1) is 0 Å². The molecule has 4 nitrogen and oxygen atoms in total. The third-order valence-electron chi connectivity index (χ3n) is 7.15. The van der Waals surface area contributed by atoms with Crippen molar-refractivity contribution >= 4 is 0 Å². The van der Waals surface area contributed by atoms with Crippen LogP contribution >= 0.6 is 0 Å². The van der Waals surface area contributed by atoms with E-state index < -0.39 is 0 Å². The van der Waals surface area contributed by atoms with Crippen LogP contribution in [0.2, 0.25) is 0 Å². The van der Waals surface area contributed by atoms with Crippen LogP contribution in [-0.4, -0.2) is 21.1 Å². The number of ether oxygens (including phenoxy) is 1. The van der Waals surface area contributed by atoms with Gasteiger partial charge in [0.05, 0.1) is 18.0 Å². The van der Waals surface area contributed by atoms with E-state index in [1.54, 1.807) is 0 Å². The molecule has 4 heteroatoms. The first-order chi connectivity index (χ1) is 19.7. The lowest BCUT2D eigenvalue weighted by molar-refractivity contribution is 0.241. The van der Waals surface area contributed by atoms with Gasteiger partial charge in [-0.2, -0.15) is 0 Å². The highest BCUT2D eigenvalue weighted by atomic mass is 16.5. The number of hydrogen-bond donors (Lipinski definition) is 0. The van der Waals surface area contributed by atoms with E-state index in [2.05, 4.69) is 132 Å². The summed E-state index contributed by atoms with van der Waals surface area (Å²) in [5, 5.41) is 0. The predicted molar refractivity (Wildman–Crippen MR) is 165 cm³/mol. The van der Waals surface area contributed by atoms with Crippen LogP contribution in [0.4, 0.5) is 0 Å². The van der Waals surface area contributed by atoms with Gasteiger partial charge in [-0.3, -0.25) is 4.90 Å². The van der Waals surface area contributed by atoms with Gasteiger partial charge in [0.15, 0.2) is 0 Å². The molecule has 0 saturated carbocycles. The molecule has 0 aliphatic rings. The molecule has 0 amide bonds. The van der Waals surface area contributed by atoms with Gasteiger partial charge < -0.3 is 9.30 Å². The van der Waals surface area contributed by atoms with Gasteiger partial charge in [0, 0.05) is 37.3 Å². The standard InChI is InChI=1S/C36H39N3O/c1-3-5-25-39-34(35(31-17-11-7-12-18-31)37-36(39)32-19-13-8-14-20-32)28-38(26-29-15-9-6-10-16-29)27-30-21-23-33(24-22-30)40-4-2/h6-24H,3-5,25-28H2,1-2H3. The number of unbranched alkanes of at least 4 members (excludes halogenated alkanes) is 1. The summed E-state index contributed by atoms with van der Waals surface area (Å²) < 4.78 is 8.16. The lowest BCUT2D eigenvalue weighted by Gasteiger charge is -2.25. The number of nitrogens with zero attached hydrogens (tertiary/aromatic N) is 3. The van der Waals surface area contributed by atoms with Crippen molar-refractivity contribution in [2.45, 2.75) is 52.9 Å². The molecule has 5 aromatic rings. The molecule has 0 unspecified atom stereocenters. The average Bonchev–Trinajstić information content (AvgIpc) is 3.36. The number of imidazole rings is 1. The van der Waals surface area contributed by atoms with E-state index in [0.717, 1.165) is 67.4 Å². The largest absolute Gasteiger partial charge is 0.494 e. The molecule has 0 atom stereocenters. The molecule has 0 aliphatic heterocycles. The first-order valence-electron chi connectivity index (χ1n) is 14.4. The summed E-state index contributed by atoms with van der Waals surface area (Å²) in [6.45, 7) is 8.36. The van der Waals surface area contributed by atoms with E-state index in [-0.39, 0.29) is 0 Å². The topological polar surface area (TPSA) is 30.3 Å². The van der Waals surface area contributed by atoms with Crippen LogP contribution in [0.15, 0.2) is 115 Å². The zero-order valence-electron chi connectivity index (χ0n) is 23.7. The quantitative estimate of drug-likeness (QED) is 0.153. The van der Waals surface area contributed by atoms with Gasteiger partial charge in [0.25, 0.3) is 0 Å². The minimum atomic E-state index is 0.674. The third-order valence-corrected chi connectivity index (χ3v) is 7.15. The van der Waals surface area contributed by atoms with Crippen molar-refractivity contribution in [1.29, 1.82) is 0 Å². The summed E-state index contributed by atoms with van der Waals surface area (Å²) in [4.78, 5) is 7.86. The fourth-order valence-corrected chi connectivity index (χ4v) is 5.18. The highest BCUT2D eigenvalue weighted by Crippen LogP contribution is 2.32. The lowest BCUT2D eigenvalue weighted by Crippen LogP contribution is -2.24. The summed E-state index contributed by atoms with van der Waals surface area (Å²) in [5.41, 5.74) is 7.22. The molecular weight excluding hydrogens is 490 g/mol. The van der Waals surface area contributed by atoms with Crippen molar-refractivity contribution in [3.05, 3.63) is 132 Å². The zero-order chi connectivity index (χ0) is 27.6. The van der Waals surface area contributed by atoms with Crippen molar-refractivity contribution < 1.29 is 4.74 Å². The van der Waals surface area contributed by atoms with Crippen LogP contribution in [0.3, 0.4) is 0 Å². The summed E-state index contributed by atoms with van der Waals surface area (Å²) >= 11 is 0. The second-order valence-corrected chi connectivity index (χ2v) is 10.2. The maximum Gasteiger partial charge on any atom is 0.140 e. The Hall–Kier alpha value is -4.15. The van der Waals surface area contributed by atoms with E-state index in [1.807, 2.05) is 6.92 Å². The Morgan fingerprint density at radius 2 is 1.23 bits per heavy atom. The van der Waals surface area contributed by atoms with Crippen LogP contribution < -0.4 is 4.74 Å². The number of aromatic nitrogens is 2. The zero-order valence-corrected chi connectivity index (χ0v) is 23.7. The van der Waals surface area contributed by atoms with E-state index in [9.17, 15) is 0 Å². The SMILES string of the molecule is CCCCn1c(-c2ccccc2)nc(-c2ccccc2)c1CN(Cc1ccccc1)Cc1ccc(OCC)cc1. The fraction of sp³-hybridized carbons (Fsp3) is 0.250. The normalized spacial score (nSPS) is 11.2. The summed E-state index contributed by atoms with van der Waals surface area (Å²) in [6, 6.07) is 40.5. The van der Waals surface area contributed by atoms with Crippen LogP contribution in [0.5, 0.6) is 5.75 Å². The molecule has 0 saturated heterocycles. The van der Waals surface area contributed by atoms with Crippen molar-refractivity contribution in [2.75, 3.05) is 6.61 Å². The maximum absolute atomic E-state index is 5.69.